The molecule has 0 spiro atoms. The normalized spacial score (nSPS) is 18.4. The molecule has 0 saturated carbocycles. The molecular formula is C7H18Na2O7P2S. The molecule has 0 radical (unpaired) electrons. The topological polar surface area (TPSA) is 135 Å². The monoisotopic (exact) mass is 354 g/mol. The average Bonchev–Trinajstić information content (AvgIpc) is 2.15. The minimum absolute atomic E-state index is 0. The molecule has 1 saturated heterocycles. The van der Waals surface area contributed by atoms with Crippen LogP contribution in [0.25, 0.3) is 0 Å². The van der Waals surface area contributed by atoms with Gasteiger partial charge in [-0.3, -0.25) is 9.13 Å². The van der Waals surface area contributed by atoms with Crippen molar-refractivity contribution in [3.8, 4) is 0 Å². The molecule has 0 bridgehead atoms. The van der Waals surface area contributed by atoms with Crippen LogP contribution in [0.2, 0.25) is 0 Å². The van der Waals surface area contributed by atoms with E-state index in [1.807, 2.05) is 0 Å². The second-order valence-electron chi connectivity index (χ2n) is 4.12. The van der Waals surface area contributed by atoms with Gasteiger partial charge in [-0.05, 0) is 30.3 Å². The number of rotatable bonds is 4. The van der Waals surface area contributed by atoms with Gasteiger partial charge < -0.3 is 24.7 Å². The Kier molecular flexibility index (Phi) is 11.4. The van der Waals surface area contributed by atoms with Crippen molar-refractivity contribution in [1.29, 1.82) is 0 Å². The predicted molar refractivity (Wildman–Crippen MR) is 78.0 cm³/mol. The first-order valence-corrected chi connectivity index (χ1v) is 9.37. The summed E-state index contributed by atoms with van der Waals surface area (Å²) in [5.41, 5.74) is 0. The molecule has 0 aromatic rings. The van der Waals surface area contributed by atoms with Crippen molar-refractivity contribution in [2.75, 3.05) is 11.5 Å². The maximum absolute atomic E-state index is 11.1. The molecule has 5 N–H and O–H groups in total. The van der Waals surface area contributed by atoms with Crippen LogP contribution in [0.5, 0.6) is 0 Å². The molecule has 1 rings (SSSR count). The summed E-state index contributed by atoms with van der Waals surface area (Å²) in [4.78, 5) is 35.9. The van der Waals surface area contributed by atoms with Gasteiger partial charge in [-0.2, -0.15) is 11.8 Å². The second-order valence-corrected chi connectivity index (χ2v) is 9.36. The van der Waals surface area contributed by atoms with Crippen LogP contribution in [0.3, 0.4) is 0 Å². The van der Waals surface area contributed by atoms with Crippen molar-refractivity contribution >= 4 is 86.1 Å². The van der Waals surface area contributed by atoms with E-state index < -0.39 is 26.7 Å². The van der Waals surface area contributed by atoms with E-state index in [1.54, 1.807) is 11.8 Å². The fourth-order valence-corrected chi connectivity index (χ4v) is 5.30. The Morgan fingerprint density at radius 3 is 1.68 bits per heavy atom. The zero-order chi connectivity index (χ0) is 13.3. The molecule has 0 amide bonds. The first-order chi connectivity index (χ1) is 7.58. The molecule has 7 nitrogen and oxygen atoms in total. The first kappa shape index (κ1) is 23.9. The van der Waals surface area contributed by atoms with Crippen LogP contribution in [0.15, 0.2) is 0 Å². The van der Waals surface area contributed by atoms with Gasteiger partial charge in [-0.15, -0.1) is 0 Å². The summed E-state index contributed by atoms with van der Waals surface area (Å²) in [5.74, 6) is 1.26. The Morgan fingerprint density at radius 2 is 1.37 bits per heavy atom. The third-order valence-corrected chi connectivity index (χ3v) is 7.68. The van der Waals surface area contributed by atoms with E-state index in [4.69, 9.17) is 19.6 Å². The molecular weight excluding hydrogens is 336 g/mol. The fraction of sp³-hybridized carbons (Fsp3) is 1.00. The zero-order valence-electron chi connectivity index (χ0n) is 8.97. The summed E-state index contributed by atoms with van der Waals surface area (Å²) in [7, 11) is -10.6. The number of hydrogen-bond acceptors (Lipinski definition) is 4. The number of hydrogen-bond donors (Lipinski definition) is 5. The van der Waals surface area contributed by atoms with Gasteiger partial charge in [0.1, 0.15) is 0 Å². The van der Waals surface area contributed by atoms with Gasteiger partial charge in [-0.1, -0.05) is 0 Å². The van der Waals surface area contributed by atoms with E-state index in [1.165, 1.54) is 0 Å². The molecule has 1 heterocycles. The predicted octanol–water partition coefficient (Wildman–Crippen LogP) is -0.776. The second kappa shape index (κ2) is 9.04. The van der Waals surface area contributed by atoms with Crippen LogP contribution >= 0.6 is 27.0 Å². The molecule has 106 valence electrons. The van der Waals surface area contributed by atoms with Crippen molar-refractivity contribution in [3.05, 3.63) is 0 Å². The van der Waals surface area contributed by atoms with Crippen LogP contribution < -0.4 is 0 Å². The van der Waals surface area contributed by atoms with Crippen molar-refractivity contribution in [1.82, 2.24) is 0 Å². The first-order valence-electron chi connectivity index (χ1n) is 4.99. The molecule has 0 aromatic carbocycles. The van der Waals surface area contributed by atoms with E-state index in [2.05, 4.69) is 0 Å². The molecule has 1 aliphatic rings. The van der Waals surface area contributed by atoms with E-state index in [0.29, 0.717) is 12.8 Å². The summed E-state index contributed by atoms with van der Waals surface area (Å²) in [6.45, 7) is 0. The SMILES string of the molecule is O=P(O)(O)C(O)(CC1CCSCC1)P(=O)(O)O.[NaH].[NaH]. The van der Waals surface area contributed by atoms with Crippen LogP contribution in [0.1, 0.15) is 19.3 Å². The fourth-order valence-electron chi connectivity index (χ4n) is 1.75. The van der Waals surface area contributed by atoms with Crippen LogP contribution in [-0.2, 0) is 9.13 Å². The van der Waals surface area contributed by atoms with Crippen LogP contribution in [0, 0.1) is 5.92 Å². The Labute approximate surface area is 160 Å². The van der Waals surface area contributed by atoms with Gasteiger partial charge in [0, 0.05) is 6.42 Å². The van der Waals surface area contributed by atoms with Crippen molar-refractivity contribution in [2.45, 2.75) is 24.3 Å². The molecule has 12 heteroatoms. The van der Waals surface area contributed by atoms with E-state index in [0.717, 1.165) is 11.5 Å². The average molecular weight is 354 g/mol. The van der Waals surface area contributed by atoms with Gasteiger partial charge in [-0.25, -0.2) is 0 Å². The quantitative estimate of drug-likeness (QED) is 0.328. The summed E-state index contributed by atoms with van der Waals surface area (Å²) < 4.78 is 22.2. The number of thioether (sulfide) groups is 1. The molecule has 0 aromatic heterocycles. The van der Waals surface area contributed by atoms with E-state index in [-0.39, 0.29) is 65.0 Å². The van der Waals surface area contributed by atoms with E-state index >= 15 is 0 Å². The summed E-state index contributed by atoms with van der Waals surface area (Å²) in [6.07, 6.45) is 0.613. The Hall–Kier alpha value is 2.61. The molecule has 0 unspecified atom stereocenters. The zero-order valence-corrected chi connectivity index (χ0v) is 11.6. The Balaban J connectivity index is 0. The third kappa shape index (κ3) is 6.32. The van der Waals surface area contributed by atoms with Gasteiger partial charge >= 0.3 is 74.3 Å². The maximum atomic E-state index is 11.1. The van der Waals surface area contributed by atoms with Crippen molar-refractivity contribution in [2.24, 2.45) is 5.92 Å². The van der Waals surface area contributed by atoms with Crippen LogP contribution in [-0.4, -0.2) is 100 Å². The summed E-state index contributed by atoms with van der Waals surface area (Å²) in [5, 5.41) is 6.46. The van der Waals surface area contributed by atoms with Crippen molar-refractivity contribution < 1.29 is 33.8 Å². The third-order valence-electron chi connectivity index (χ3n) is 2.84. The molecule has 19 heavy (non-hydrogen) atoms. The molecule has 1 fully saturated rings. The molecule has 0 aliphatic carbocycles. The van der Waals surface area contributed by atoms with Gasteiger partial charge in [0.15, 0.2) is 0 Å². The molecule has 0 atom stereocenters. The minimum atomic E-state index is -5.29. The number of aliphatic hydroxyl groups is 1. The summed E-state index contributed by atoms with van der Waals surface area (Å²) in [6, 6.07) is 0. The Morgan fingerprint density at radius 1 is 1.00 bits per heavy atom. The van der Waals surface area contributed by atoms with Crippen molar-refractivity contribution in [3.63, 3.8) is 0 Å². The molecule has 1 aliphatic heterocycles. The van der Waals surface area contributed by atoms with E-state index in [9.17, 15) is 14.2 Å². The van der Waals surface area contributed by atoms with Gasteiger partial charge in [0.2, 0.25) is 0 Å². The van der Waals surface area contributed by atoms with Gasteiger partial charge in [0.25, 0.3) is 5.08 Å². The standard InChI is InChI=1S/C7H16O7P2S.2Na.2H/c8-7(15(9,10)11,16(12,13)14)5-6-1-3-17-4-2-6;;;;/h6,8H,1-5H2,(H2,9,10,11)(H2,12,13,14);;;;. The Bertz CT molecular complexity index is 342. The summed E-state index contributed by atoms with van der Waals surface area (Å²) >= 11 is 1.67. The van der Waals surface area contributed by atoms with Gasteiger partial charge in [0.05, 0.1) is 0 Å². The van der Waals surface area contributed by atoms with Crippen LogP contribution in [0.4, 0.5) is 0 Å².